The third kappa shape index (κ3) is 6.16. The minimum Gasteiger partial charge on any atom is -0.497 e. The van der Waals surface area contributed by atoms with Crippen LogP contribution in [0.2, 0.25) is 0 Å². The summed E-state index contributed by atoms with van der Waals surface area (Å²) in [5.74, 6) is 1.38. The summed E-state index contributed by atoms with van der Waals surface area (Å²) >= 11 is 1.30. The fourth-order valence-corrected chi connectivity index (χ4v) is 4.14. The van der Waals surface area contributed by atoms with Gasteiger partial charge in [-0.25, -0.2) is 5.43 Å². The number of carbonyl (C=O) groups is 1. The number of aromatic nitrogens is 3. The number of hydrogen-bond acceptors (Lipinski definition) is 6. The van der Waals surface area contributed by atoms with Gasteiger partial charge in [-0.2, -0.15) is 5.10 Å². The molecule has 4 aromatic rings. The van der Waals surface area contributed by atoms with Crippen molar-refractivity contribution < 1.29 is 9.53 Å². The van der Waals surface area contributed by atoms with Crippen LogP contribution < -0.4 is 10.2 Å². The maximum Gasteiger partial charge on any atom is 0.250 e. The Morgan fingerprint density at radius 2 is 1.74 bits per heavy atom. The van der Waals surface area contributed by atoms with Crippen LogP contribution in [0, 0.1) is 6.92 Å². The zero-order valence-electron chi connectivity index (χ0n) is 19.9. The van der Waals surface area contributed by atoms with E-state index in [4.69, 9.17) is 4.74 Å². The first kappa shape index (κ1) is 24.2. The summed E-state index contributed by atoms with van der Waals surface area (Å²) in [6, 6.07) is 23.8. The molecule has 1 amide bonds. The second-order valence-corrected chi connectivity index (χ2v) is 8.83. The molecule has 178 valence electrons. The predicted molar refractivity (Wildman–Crippen MR) is 140 cm³/mol. The molecule has 4 rings (SSSR count). The van der Waals surface area contributed by atoms with Gasteiger partial charge in [-0.1, -0.05) is 72.8 Å². The number of aryl methyl sites for hydroxylation is 2. The number of ether oxygens (including phenoxy) is 1. The molecule has 0 atom stereocenters. The smallest absolute Gasteiger partial charge is 0.250 e. The van der Waals surface area contributed by atoms with Crippen molar-refractivity contribution in [1.29, 1.82) is 0 Å². The van der Waals surface area contributed by atoms with Crippen molar-refractivity contribution in [3.05, 3.63) is 89.5 Å². The van der Waals surface area contributed by atoms with Crippen molar-refractivity contribution >= 4 is 23.9 Å². The lowest BCUT2D eigenvalue weighted by Crippen LogP contribution is -2.20. The molecule has 0 aliphatic carbocycles. The molecule has 3 aromatic carbocycles. The summed E-state index contributed by atoms with van der Waals surface area (Å²) in [6.07, 6.45) is 2.62. The van der Waals surface area contributed by atoms with E-state index >= 15 is 0 Å². The molecule has 1 N–H and O–H groups in total. The Balaban J connectivity index is 1.49. The van der Waals surface area contributed by atoms with Gasteiger partial charge >= 0.3 is 0 Å². The lowest BCUT2D eigenvalue weighted by atomic mass is 10.1. The third-order valence-electron chi connectivity index (χ3n) is 5.40. The second kappa shape index (κ2) is 11.5. The normalized spacial score (nSPS) is 11.1. The summed E-state index contributed by atoms with van der Waals surface area (Å²) in [4.78, 5) is 12.4. The van der Waals surface area contributed by atoms with E-state index in [1.54, 1.807) is 13.3 Å². The number of rotatable bonds is 9. The Kier molecular flexibility index (Phi) is 7.95. The van der Waals surface area contributed by atoms with Crippen LogP contribution >= 0.6 is 11.8 Å². The van der Waals surface area contributed by atoms with E-state index in [9.17, 15) is 4.79 Å². The fourth-order valence-electron chi connectivity index (χ4n) is 3.40. The Hall–Kier alpha value is -3.91. The maximum atomic E-state index is 12.4. The highest BCUT2D eigenvalue weighted by atomic mass is 32.2. The minimum absolute atomic E-state index is 0.147. The molecular weight excluding hydrogens is 458 g/mol. The van der Waals surface area contributed by atoms with Crippen LogP contribution in [-0.2, 0) is 11.2 Å². The number of nitrogens with zero attached hydrogens (tertiary/aromatic N) is 4. The summed E-state index contributed by atoms with van der Waals surface area (Å²) < 4.78 is 7.24. The molecule has 8 heteroatoms. The van der Waals surface area contributed by atoms with E-state index in [0.717, 1.165) is 34.5 Å². The topological polar surface area (TPSA) is 81.4 Å². The summed E-state index contributed by atoms with van der Waals surface area (Å²) in [5, 5.41) is 13.5. The van der Waals surface area contributed by atoms with E-state index in [1.807, 2.05) is 72.2 Å². The van der Waals surface area contributed by atoms with E-state index < -0.39 is 0 Å². The minimum atomic E-state index is -0.224. The molecule has 0 radical (unpaired) electrons. The van der Waals surface area contributed by atoms with Gasteiger partial charge in [0.2, 0.25) is 0 Å². The predicted octanol–water partition coefficient (Wildman–Crippen LogP) is 5.06. The monoisotopic (exact) mass is 485 g/mol. The van der Waals surface area contributed by atoms with Gasteiger partial charge in [0.15, 0.2) is 11.0 Å². The van der Waals surface area contributed by atoms with Crippen molar-refractivity contribution in [1.82, 2.24) is 20.2 Å². The van der Waals surface area contributed by atoms with Crippen molar-refractivity contribution in [2.45, 2.75) is 25.4 Å². The van der Waals surface area contributed by atoms with Crippen molar-refractivity contribution in [2.24, 2.45) is 5.10 Å². The van der Waals surface area contributed by atoms with E-state index in [-0.39, 0.29) is 11.7 Å². The van der Waals surface area contributed by atoms with Gasteiger partial charge < -0.3 is 4.74 Å². The Morgan fingerprint density at radius 3 is 2.40 bits per heavy atom. The highest BCUT2D eigenvalue weighted by Crippen LogP contribution is 2.29. The maximum absolute atomic E-state index is 12.4. The first-order chi connectivity index (χ1) is 17.1. The van der Waals surface area contributed by atoms with Crippen LogP contribution in [0.3, 0.4) is 0 Å². The molecule has 0 bridgehead atoms. The number of hydrazone groups is 1. The molecule has 0 unspecified atom stereocenters. The van der Waals surface area contributed by atoms with Gasteiger partial charge in [-0.3, -0.25) is 9.36 Å². The van der Waals surface area contributed by atoms with E-state index in [0.29, 0.717) is 11.0 Å². The molecule has 1 aromatic heterocycles. The number of carbonyl (C=O) groups excluding carboxylic acids is 1. The van der Waals surface area contributed by atoms with Gasteiger partial charge in [0.25, 0.3) is 5.91 Å². The molecule has 35 heavy (non-hydrogen) atoms. The number of methoxy groups -OCH3 is 1. The van der Waals surface area contributed by atoms with Crippen molar-refractivity contribution in [3.8, 4) is 22.8 Å². The number of benzene rings is 3. The average molecular weight is 486 g/mol. The molecule has 0 saturated carbocycles. The van der Waals surface area contributed by atoms with Crippen LogP contribution in [0.4, 0.5) is 0 Å². The van der Waals surface area contributed by atoms with Crippen molar-refractivity contribution in [2.75, 3.05) is 12.9 Å². The SMILES string of the molecule is CCc1ccc(/C=N/NC(=O)CSc2nnc(-c3ccc(C)cc3)n2-c2ccc(OC)cc2)cc1. The van der Waals surface area contributed by atoms with Gasteiger partial charge in [0, 0.05) is 11.3 Å². The highest BCUT2D eigenvalue weighted by molar-refractivity contribution is 7.99. The lowest BCUT2D eigenvalue weighted by molar-refractivity contribution is -0.118. The Labute approximate surface area is 209 Å². The summed E-state index contributed by atoms with van der Waals surface area (Å²) in [6.45, 7) is 4.15. The molecule has 7 nitrogen and oxygen atoms in total. The Bertz CT molecular complexity index is 1300. The first-order valence-corrected chi connectivity index (χ1v) is 12.3. The largest absolute Gasteiger partial charge is 0.497 e. The molecule has 0 saturated heterocycles. The van der Waals surface area contributed by atoms with Crippen LogP contribution in [0.1, 0.15) is 23.6 Å². The lowest BCUT2D eigenvalue weighted by Gasteiger charge is -2.11. The third-order valence-corrected chi connectivity index (χ3v) is 6.33. The number of amides is 1. The summed E-state index contributed by atoms with van der Waals surface area (Å²) in [7, 11) is 1.63. The molecule has 0 spiro atoms. The highest BCUT2D eigenvalue weighted by Gasteiger charge is 2.17. The average Bonchev–Trinajstić information content (AvgIpc) is 3.32. The summed E-state index contributed by atoms with van der Waals surface area (Å²) in [5.41, 5.74) is 7.75. The molecule has 0 aliphatic rings. The van der Waals surface area contributed by atoms with Crippen molar-refractivity contribution in [3.63, 3.8) is 0 Å². The zero-order valence-corrected chi connectivity index (χ0v) is 20.7. The van der Waals surface area contributed by atoms with Gasteiger partial charge in [0.1, 0.15) is 5.75 Å². The number of thioether (sulfide) groups is 1. The van der Waals surface area contributed by atoms with Gasteiger partial charge in [-0.05, 0) is 48.7 Å². The van der Waals surface area contributed by atoms with Crippen LogP contribution in [-0.4, -0.2) is 39.7 Å². The molecular formula is C27H27N5O2S. The molecule has 1 heterocycles. The van der Waals surface area contributed by atoms with Gasteiger partial charge in [0.05, 0.1) is 19.1 Å². The van der Waals surface area contributed by atoms with E-state index in [2.05, 4.69) is 39.8 Å². The fraction of sp³-hybridized carbons (Fsp3) is 0.185. The quantitative estimate of drug-likeness (QED) is 0.204. The standard InChI is InChI=1S/C27H27N5O2S/c1-4-20-7-9-21(10-8-20)17-28-29-25(33)18-35-27-31-30-26(22-11-5-19(2)6-12-22)32(27)23-13-15-24(34-3)16-14-23/h5-17H,4,18H2,1-3H3,(H,29,33)/b28-17+. The van der Waals surface area contributed by atoms with Gasteiger partial charge in [-0.15, -0.1) is 10.2 Å². The van der Waals surface area contributed by atoms with Crippen LogP contribution in [0.5, 0.6) is 5.75 Å². The van der Waals surface area contributed by atoms with E-state index in [1.165, 1.54) is 17.3 Å². The zero-order chi connectivity index (χ0) is 24.6. The first-order valence-electron chi connectivity index (χ1n) is 11.3. The Morgan fingerprint density at radius 1 is 1.03 bits per heavy atom. The molecule has 0 fully saturated rings. The van der Waals surface area contributed by atoms with Crippen LogP contribution in [0.25, 0.3) is 17.1 Å². The molecule has 0 aliphatic heterocycles. The second-order valence-electron chi connectivity index (χ2n) is 7.88. The number of hydrogen-bond donors (Lipinski definition) is 1. The van der Waals surface area contributed by atoms with Crippen LogP contribution in [0.15, 0.2) is 83.1 Å². The number of nitrogens with one attached hydrogen (secondary N) is 1.